The van der Waals surface area contributed by atoms with Crippen molar-refractivity contribution in [3.8, 4) is 16.9 Å². The second kappa shape index (κ2) is 9.30. The van der Waals surface area contributed by atoms with Gasteiger partial charge in [-0.25, -0.2) is 4.79 Å². The van der Waals surface area contributed by atoms with E-state index in [0.717, 1.165) is 5.56 Å². The summed E-state index contributed by atoms with van der Waals surface area (Å²) in [5.74, 6) is -0.621. The lowest BCUT2D eigenvalue weighted by Crippen LogP contribution is -2.24. The maximum atomic E-state index is 13.2. The predicted octanol–water partition coefficient (Wildman–Crippen LogP) is 4.70. The fourth-order valence-electron chi connectivity index (χ4n) is 3.62. The smallest absolute Gasteiger partial charge is 0.341 e. The van der Waals surface area contributed by atoms with E-state index in [1.165, 1.54) is 24.6 Å². The number of thiophene rings is 1. The van der Waals surface area contributed by atoms with Gasteiger partial charge < -0.3 is 19.4 Å². The van der Waals surface area contributed by atoms with E-state index in [-0.39, 0.29) is 17.7 Å². The van der Waals surface area contributed by atoms with Crippen LogP contribution in [-0.4, -0.2) is 30.2 Å². The van der Waals surface area contributed by atoms with E-state index >= 15 is 0 Å². The number of hydrogen-bond acceptors (Lipinski definition) is 6. The number of carbonyl (C=O) groups excluding carboxylic acids is 2. The van der Waals surface area contributed by atoms with Crippen molar-refractivity contribution < 1.29 is 19.1 Å². The molecule has 1 N–H and O–H groups in total. The molecule has 0 aliphatic rings. The summed E-state index contributed by atoms with van der Waals surface area (Å²) in [4.78, 5) is 39.0. The van der Waals surface area contributed by atoms with Gasteiger partial charge in [-0.1, -0.05) is 30.3 Å². The summed E-state index contributed by atoms with van der Waals surface area (Å²) in [6.45, 7) is 1.92. The average molecular weight is 463 g/mol. The van der Waals surface area contributed by atoms with Gasteiger partial charge in [0.05, 0.1) is 24.6 Å². The summed E-state index contributed by atoms with van der Waals surface area (Å²) in [7, 11) is 3.27. The molecule has 0 aliphatic heterocycles. The maximum absolute atomic E-state index is 13.2. The molecular weight excluding hydrogens is 440 g/mol. The summed E-state index contributed by atoms with van der Waals surface area (Å²) in [6.07, 6.45) is 1.49. The first-order valence-corrected chi connectivity index (χ1v) is 11.1. The highest BCUT2D eigenvalue weighted by Gasteiger charge is 2.24. The number of rotatable bonds is 6. The Labute approximate surface area is 194 Å². The third kappa shape index (κ3) is 4.25. The molecule has 33 heavy (non-hydrogen) atoms. The Morgan fingerprint density at radius 2 is 1.88 bits per heavy atom. The van der Waals surface area contributed by atoms with Crippen LogP contribution in [0.4, 0.5) is 5.00 Å². The molecule has 8 heteroatoms. The number of methoxy groups -OCH3 is 1. The molecule has 1 amide bonds. The maximum Gasteiger partial charge on any atom is 0.341 e. The number of fused-ring (bicyclic) bond motifs is 1. The van der Waals surface area contributed by atoms with E-state index in [2.05, 4.69) is 5.32 Å². The Kier molecular flexibility index (Phi) is 6.28. The van der Waals surface area contributed by atoms with Crippen molar-refractivity contribution in [2.45, 2.75) is 6.92 Å². The molecule has 4 aromatic rings. The first kappa shape index (κ1) is 22.3. The van der Waals surface area contributed by atoms with Crippen molar-refractivity contribution in [2.75, 3.05) is 19.0 Å². The second-order valence-electron chi connectivity index (χ2n) is 7.26. The number of esters is 1. The van der Waals surface area contributed by atoms with E-state index in [1.807, 2.05) is 30.3 Å². The van der Waals surface area contributed by atoms with Crippen LogP contribution in [0.1, 0.15) is 27.6 Å². The zero-order chi connectivity index (χ0) is 23.5. The Hall–Kier alpha value is -3.91. The van der Waals surface area contributed by atoms with Crippen LogP contribution >= 0.6 is 11.3 Å². The van der Waals surface area contributed by atoms with Gasteiger partial charge in [0.15, 0.2) is 0 Å². The third-order valence-electron chi connectivity index (χ3n) is 5.22. The number of pyridine rings is 1. The van der Waals surface area contributed by atoms with Crippen molar-refractivity contribution in [3.63, 3.8) is 0 Å². The van der Waals surface area contributed by atoms with Crippen LogP contribution < -0.4 is 15.5 Å². The van der Waals surface area contributed by atoms with E-state index in [0.29, 0.717) is 27.2 Å². The minimum atomic E-state index is -0.604. The minimum absolute atomic E-state index is 0.0391. The van der Waals surface area contributed by atoms with Crippen LogP contribution in [0.2, 0.25) is 0 Å². The fourth-order valence-corrected chi connectivity index (χ4v) is 4.57. The zero-order valence-corrected chi connectivity index (χ0v) is 19.2. The topological polar surface area (TPSA) is 86.6 Å². The molecular formula is C25H22N2O5S. The van der Waals surface area contributed by atoms with E-state index in [1.54, 1.807) is 42.1 Å². The molecule has 0 saturated carbocycles. The average Bonchev–Trinajstić information content (AvgIpc) is 3.25. The molecule has 168 valence electrons. The number of amides is 1. The van der Waals surface area contributed by atoms with Crippen LogP contribution in [0, 0.1) is 0 Å². The number of hydrogen-bond donors (Lipinski definition) is 1. The molecule has 2 aromatic heterocycles. The van der Waals surface area contributed by atoms with Crippen molar-refractivity contribution >= 4 is 39.1 Å². The monoisotopic (exact) mass is 462 g/mol. The number of nitrogens with one attached hydrogen (secondary N) is 1. The first-order chi connectivity index (χ1) is 15.9. The number of ether oxygens (including phenoxy) is 2. The SMILES string of the molecule is CCOC(=O)c1c(-c2ccccc2)csc1NC(=O)c1cn(C)c2ccc(OC)cc2c1=O. The lowest BCUT2D eigenvalue weighted by atomic mass is 10.0. The highest BCUT2D eigenvalue weighted by molar-refractivity contribution is 7.15. The summed E-state index contributed by atoms with van der Waals surface area (Å²) in [5, 5.41) is 5.24. The minimum Gasteiger partial charge on any atom is -0.497 e. The standard InChI is InChI=1S/C25H22N2O5S/c1-4-32-25(30)21-19(15-8-6-5-7-9-15)14-33-24(21)26-23(29)18-13-27(2)20-11-10-16(31-3)12-17(20)22(18)28/h5-14H,4H2,1-3H3,(H,26,29). The number of aryl methyl sites for hydroxylation is 1. The molecule has 7 nitrogen and oxygen atoms in total. The summed E-state index contributed by atoms with van der Waals surface area (Å²) >= 11 is 1.21. The lowest BCUT2D eigenvalue weighted by molar-refractivity contribution is 0.0529. The number of carbonyl (C=O) groups is 2. The fraction of sp³-hybridized carbons (Fsp3) is 0.160. The van der Waals surface area contributed by atoms with Gasteiger partial charge in [0.25, 0.3) is 5.91 Å². The molecule has 2 aromatic carbocycles. The van der Waals surface area contributed by atoms with Gasteiger partial charge in [-0.2, -0.15) is 0 Å². The van der Waals surface area contributed by atoms with Crippen LogP contribution in [-0.2, 0) is 11.8 Å². The molecule has 2 heterocycles. The Balaban J connectivity index is 1.77. The number of aromatic nitrogens is 1. The largest absolute Gasteiger partial charge is 0.497 e. The third-order valence-corrected chi connectivity index (χ3v) is 6.12. The Morgan fingerprint density at radius 1 is 1.12 bits per heavy atom. The molecule has 0 unspecified atom stereocenters. The van der Waals surface area contributed by atoms with Crippen LogP contribution in [0.5, 0.6) is 5.75 Å². The van der Waals surface area contributed by atoms with Crippen molar-refractivity contribution in [3.05, 3.63) is 81.5 Å². The number of nitrogens with zero attached hydrogens (tertiary/aromatic N) is 1. The van der Waals surface area contributed by atoms with Gasteiger partial charge in [-0.15, -0.1) is 11.3 Å². The van der Waals surface area contributed by atoms with Gasteiger partial charge >= 0.3 is 5.97 Å². The van der Waals surface area contributed by atoms with E-state index in [9.17, 15) is 14.4 Å². The molecule has 0 saturated heterocycles. The first-order valence-electron chi connectivity index (χ1n) is 10.3. The highest BCUT2D eigenvalue weighted by atomic mass is 32.1. The second-order valence-corrected chi connectivity index (χ2v) is 8.14. The van der Waals surface area contributed by atoms with Gasteiger partial charge in [-0.05, 0) is 30.7 Å². The van der Waals surface area contributed by atoms with Crippen LogP contribution in [0.3, 0.4) is 0 Å². The Bertz CT molecular complexity index is 1410. The van der Waals surface area contributed by atoms with Crippen LogP contribution in [0.25, 0.3) is 22.0 Å². The molecule has 0 spiro atoms. The number of benzene rings is 2. The predicted molar refractivity (Wildman–Crippen MR) is 129 cm³/mol. The molecule has 0 bridgehead atoms. The van der Waals surface area contributed by atoms with Crippen molar-refractivity contribution in [1.82, 2.24) is 4.57 Å². The van der Waals surface area contributed by atoms with Gasteiger partial charge in [0.1, 0.15) is 21.9 Å². The summed E-state index contributed by atoms with van der Waals surface area (Å²) in [6, 6.07) is 14.5. The van der Waals surface area contributed by atoms with Gasteiger partial charge in [-0.3, -0.25) is 9.59 Å². The van der Waals surface area contributed by atoms with E-state index in [4.69, 9.17) is 9.47 Å². The molecule has 0 fully saturated rings. The van der Waals surface area contributed by atoms with Crippen molar-refractivity contribution in [1.29, 1.82) is 0 Å². The number of anilines is 1. The van der Waals surface area contributed by atoms with Crippen molar-refractivity contribution in [2.24, 2.45) is 7.05 Å². The summed E-state index contributed by atoms with van der Waals surface area (Å²) < 4.78 is 12.2. The highest BCUT2D eigenvalue weighted by Crippen LogP contribution is 2.36. The quantitative estimate of drug-likeness (QED) is 0.420. The lowest BCUT2D eigenvalue weighted by Gasteiger charge is -2.11. The van der Waals surface area contributed by atoms with E-state index < -0.39 is 17.3 Å². The molecule has 0 aliphatic carbocycles. The van der Waals surface area contributed by atoms with Crippen LogP contribution in [0.15, 0.2) is 64.9 Å². The van der Waals surface area contributed by atoms with Gasteiger partial charge in [0, 0.05) is 24.2 Å². The summed E-state index contributed by atoms with van der Waals surface area (Å²) in [5.41, 5.74) is 1.96. The molecule has 0 radical (unpaired) electrons. The normalized spacial score (nSPS) is 10.8. The van der Waals surface area contributed by atoms with Gasteiger partial charge in [0.2, 0.25) is 5.43 Å². The molecule has 0 atom stereocenters. The Morgan fingerprint density at radius 3 is 2.58 bits per heavy atom. The molecule has 4 rings (SSSR count). The zero-order valence-electron chi connectivity index (χ0n) is 18.4.